The fourth-order valence-electron chi connectivity index (χ4n) is 3.82. The summed E-state index contributed by atoms with van der Waals surface area (Å²) in [5, 5.41) is 7.37. The van der Waals surface area contributed by atoms with Crippen LogP contribution in [0, 0.1) is 5.92 Å². The summed E-state index contributed by atoms with van der Waals surface area (Å²) in [5.41, 5.74) is 1.45. The van der Waals surface area contributed by atoms with E-state index in [1.165, 1.54) is 5.56 Å². The molecule has 0 radical (unpaired) electrons. The lowest BCUT2D eigenvalue weighted by molar-refractivity contribution is -0.122. The number of piperidine rings is 1. The Kier molecular flexibility index (Phi) is 5.39. The minimum absolute atomic E-state index is 0.0356. The molecule has 0 saturated carbocycles. The molecule has 2 aliphatic rings. The van der Waals surface area contributed by atoms with E-state index in [1.54, 1.807) is 11.3 Å². The zero-order chi connectivity index (χ0) is 16.3. The van der Waals surface area contributed by atoms with E-state index in [-0.39, 0.29) is 17.6 Å². The number of amides is 1. The lowest BCUT2D eigenvalue weighted by Crippen LogP contribution is -2.43. The van der Waals surface area contributed by atoms with E-state index in [1.807, 2.05) is 13.8 Å². The number of nitrogens with one attached hydrogen (secondary N) is 1. The highest BCUT2D eigenvalue weighted by atomic mass is 32.1. The molecular weight excluding hydrogens is 308 g/mol. The molecule has 2 saturated heterocycles. The molecule has 2 aliphatic heterocycles. The predicted octanol–water partition coefficient (Wildman–Crippen LogP) is 3.03. The van der Waals surface area contributed by atoms with E-state index in [4.69, 9.17) is 4.74 Å². The maximum atomic E-state index is 11.9. The van der Waals surface area contributed by atoms with E-state index < -0.39 is 0 Å². The molecule has 2 fully saturated rings. The van der Waals surface area contributed by atoms with Crippen molar-refractivity contribution in [2.24, 2.45) is 5.92 Å². The molecule has 3 heterocycles. The Hall–Kier alpha value is -0.910. The molecule has 1 amide bonds. The third-order valence-electron chi connectivity index (χ3n) is 4.96. The average molecular weight is 337 g/mol. The van der Waals surface area contributed by atoms with Crippen molar-refractivity contribution in [2.75, 3.05) is 19.7 Å². The van der Waals surface area contributed by atoms with Crippen LogP contribution >= 0.6 is 11.3 Å². The van der Waals surface area contributed by atoms with Crippen molar-refractivity contribution >= 4 is 17.2 Å². The number of rotatable bonds is 5. The molecule has 23 heavy (non-hydrogen) atoms. The van der Waals surface area contributed by atoms with E-state index in [2.05, 4.69) is 27.0 Å². The Morgan fingerprint density at radius 3 is 2.91 bits per heavy atom. The van der Waals surface area contributed by atoms with Crippen molar-refractivity contribution in [3.63, 3.8) is 0 Å². The second-order valence-electron chi connectivity index (χ2n) is 7.40. The molecule has 0 bridgehead atoms. The minimum atomic E-state index is 0.0356. The van der Waals surface area contributed by atoms with Gasteiger partial charge in [0.25, 0.3) is 0 Å². The Bertz CT molecular complexity index is 507. The maximum absolute atomic E-state index is 11.9. The van der Waals surface area contributed by atoms with Gasteiger partial charge in [-0.05, 0) is 61.4 Å². The third-order valence-corrected chi connectivity index (χ3v) is 5.70. The number of thiophene rings is 1. The monoisotopic (exact) mass is 336 g/mol. The summed E-state index contributed by atoms with van der Waals surface area (Å²) in [6.45, 7) is 8.01. The number of ether oxygens (including phenoxy) is 1. The molecule has 4 nitrogen and oxygen atoms in total. The second-order valence-corrected chi connectivity index (χ2v) is 8.18. The van der Waals surface area contributed by atoms with Crippen LogP contribution in [-0.2, 0) is 16.1 Å². The first-order chi connectivity index (χ1) is 11.0. The van der Waals surface area contributed by atoms with E-state index in [9.17, 15) is 4.79 Å². The van der Waals surface area contributed by atoms with Gasteiger partial charge in [-0.3, -0.25) is 9.69 Å². The molecule has 128 valence electrons. The number of hydrogen-bond donors (Lipinski definition) is 1. The molecule has 0 unspecified atom stereocenters. The van der Waals surface area contributed by atoms with E-state index in [0.717, 1.165) is 45.5 Å². The zero-order valence-corrected chi connectivity index (χ0v) is 15.0. The number of carbonyl (C=O) groups is 1. The highest BCUT2D eigenvalue weighted by Gasteiger charge is 2.42. The standard InChI is InChI=1S/C18H28N2O2S/c1-14(2)19-17(21)9-16-10-18(22-12-16)4-6-20(7-5-18)11-15-3-8-23-13-15/h3,8,13-14,16H,4-7,9-12H2,1-2H3,(H,19,21)/t16-/m0/s1. The van der Waals surface area contributed by atoms with Crippen LogP contribution in [-0.4, -0.2) is 42.1 Å². The summed E-state index contributed by atoms with van der Waals surface area (Å²) < 4.78 is 6.18. The van der Waals surface area contributed by atoms with Crippen molar-refractivity contribution in [1.82, 2.24) is 10.2 Å². The summed E-state index contributed by atoms with van der Waals surface area (Å²) in [5.74, 6) is 0.553. The van der Waals surface area contributed by atoms with Gasteiger partial charge < -0.3 is 10.1 Å². The predicted molar refractivity (Wildman–Crippen MR) is 93.5 cm³/mol. The van der Waals surface area contributed by atoms with Crippen LogP contribution in [0.5, 0.6) is 0 Å². The van der Waals surface area contributed by atoms with Gasteiger partial charge in [0.05, 0.1) is 12.2 Å². The fraction of sp³-hybridized carbons (Fsp3) is 0.722. The Labute approximate surface area is 143 Å². The maximum Gasteiger partial charge on any atom is 0.220 e. The lowest BCUT2D eigenvalue weighted by Gasteiger charge is -2.38. The van der Waals surface area contributed by atoms with Crippen LogP contribution in [0.1, 0.15) is 45.1 Å². The first kappa shape index (κ1) is 16.9. The van der Waals surface area contributed by atoms with Crippen LogP contribution < -0.4 is 5.32 Å². The molecule has 1 aromatic heterocycles. The normalized spacial score (nSPS) is 24.4. The van der Waals surface area contributed by atoms with Gasteiger partial charge in [-0.15, -0.1) is 0 Å². The molecule has 5 heteroatoms. The van der Waals surface area contributed by atoms with Crippen molar-refractivity contribution < 1.29 is 9.53 Å². The van der Waals surface area contributed by atoms with Gasteiger partial charge in [0.1, 0.15) is 0 Å². The summed E-state index contributed by atoms with van der Waals surface area (Å²) in [7, 11) is 0. The molecule has 1 atom stereocenters. The van der Waals surface area contributed by atoms with Gasteiger partial charge in [0.2, 0.25) is 5.91 Å². The Morgan fingerprint density at radius 2 is 2.26 bits per heavy atom. The van der Waals surface area contributed by atoms with Crippen LogP contribution in [0.15, 0.2) is 16.8 Å². The fourth-order valence-corrected chi connectivity index (χ4v) is 4.48. The number of carbonyl (C=O) groups excluding carboxylic acids is 1. The summed E-state index contributed by atoms with van der Waals surface area (Å²) in [4.78, 5) is 14.5. The summed E-state index contributed by atoms with van der Waals surface area (Å²) >= 11 is 1.77. The van der Waals surface area contributed by atoms with Crippen LogP contribution in [0.3, 0.4) is 0 Å². The van der Waals surface area contributed by atoms with Gasteiger partial charge in [0, 0.05) is 32.1 Å². The minimum Gasteiger partial charge on any atom is -0.375 e. The first-order valence-electron chi connectivity index (χ1n) is 8.71. The Balaban J connectivity index is 1.44. The largest absolute Gasteiger partial charge is 0.375 e. The molecule has 3 rings (SSSR count). The van der Waals surface area contributed by atoms with Gasteiger partial charge in [-0.25, -0.2) is 0 Å². The molecule has 0 aliphatic carbocycles. The molecule has 1 aromatic rings. The van der Waals surface area contributed by atoms with Crippen molar-refractivity contribution in [2.45, 2.75) is 57.7 Å². The van der Waals surface area contributed by atoms with Crippen molar-refractivity contribution in [1.29, 1.82) is 0 Å². The van der Waals surface area contributed by atoms with Crippen LogP contribution in [0.4, 0.5) is 0 Å². The molecular formula is C18H28N2O2S. The Morgan fingerprint density at radius 1 is 1.48 bits per heavy atom. The van der Waals surface area contributed by atoms with Gasteiger partial charge >= 0.3 is 0 Å². The highest BCUT2D eigenvalue weighted by Crippen LogP contribution is 2.40. The van der Waals surface area contributed by atoms with Gasteiger partial charge in [0.15, 0.2) is 0 Å². The van der Waals surface area contributed by atoms with Crippen LogP contribution in [0.25, 0.3) is 0 Å². The van der Waals surface area contributed by atoms with Crippen molar-refractivity contribution in [3.05, 3.63) is 22.4 Å². The first-order valence-corrected chi connectivity index (χ1v) is 9.66. The molecule has 1 spiro atoms. The smallest absolute Gasteiger partial charge is 0.220 e. The van der Waals surface area contributed by atoms with E-state index >= 15 is 0 Å². The van der Waals surface area contributed by atoms with E-state index in [0.29, 0.717) is 12.3 Å². The molecule has 0 aromatic carbocycles. The number of likely N-dealkylation sites (tertiary alicyclic amines) is 1. The quantitative estimate of drug-likeness (QED) is 0.898. The summed E-state index contributed by atoms with van der Waals surface area (Å²) in [6.07, 6.45) is 3.85. The van der Waals surface area contributed by atoms with Gasteiger partial charge in [-0.1, -0.05) is 0 Å². The highest BCUT2D eigenvalue weighted by molar-refractivity contribution is 7.07. The second kappa shape index (κ2) is 7.32. The molecule has 1 N–H and O–H groups in total. The van der Waals surface area contributed by atoms with Crippen LogP contribution in [0.2, 0.25) is 0 Å². The van der Waals surface area contributed by atoms with Crippen molar-refractivity contribution in [3.8, 4) is 0 Å². The third kappa shape index (κ3) is 4.55. The SMILES string of the molecule is CC(C)NC(=O)C[C@@H]1COC2(CCN(Cc3ccsc3)CC2)C1. The van der Waals surface area contributed by atoms with Gasteiger partial charge in [-0.2, -0.15) is 11.3 Å². The number of nitrogens with zero attached hydrogens (tertiary/aromatic N) is 1. The zero-order valence-electron chi connectivity index (χ0n) is 14.2. The number of hydrogen-bond acceptors (Lipinski definition) is 4. The summed E-state index contributed by atoms with van der Waals surface area (Å²) in [6, 6.07) is 2.43. The average Bonchev–Trinajstić information content (AvgIpc) is 3.12. The lowest BCUT2D eigenvalue weighted by atomic mass is 9.84. The topological polar surface area (TPSA) is 41.6 Å².